The maximum Gasteiger partial charge on any atom is 0.243 e. The Labute approximate surface area is 157 Å². The molecule has 1 aromatic rings. The molecule has 25 heavy (non-hydrogen) atoms. The second-order valence-corrected chi connectivity index (χ2v) is 7.13. The Morgan fingerprint density at radius 2 is 1.76 bits per heavy atom. The van der Waals surface area contributed by atoms with Crippen LogP contribution >= 0.6 is 23.2 Å². The van der Waals surface area contributed by atoms with Crippen LogP contribution in [0.25, 0.3) is 0 Å². The number of carbonyl (C=O) groups excluding carboxylic acids is 3. The van der Waals surface area contributed by atoms with E-state index in [2.05, 4.69) is 10.6 Å². The fourth-order valence-electron chi connectivity index (χ4n) is 2.35. The van der Waals surface area contributed by atoms with Gasteiger partial charge in [-0.1, -0.05) is 43.1 Å². The molecule has 1 aromatic carbocycles. The van der Waals surface area contributed by atoms with Gasteiger partial charge in [0, 0.05) is 23.4 Å². The van der Waals surface area contributed by atoms with Gasteiger partial charge < -0.3 is 16.4 Å². The molecule has 0 aliphatic heterocycles. The van der Waals surface area contributed by atoms with Crippen molar-refractivity contribution in [1.82, 2.24) is 10.6 Å². The molecular weight excluding hydrogens is 365 g/mol. The molecular formula is C17H23Cl2N3O3. The van der Waals surface area contributed by atoms with Crippen molar-refractivity contribution in [3.05, 3.63) is 33.8 Å². The second kappa shape index (κ2) is 9.63. The summed E-state index contributed by atoms with van der Waals surface area (Å²) in [5.74, 6) is -1.29. The molecule has 138 valence electrons. The molecule has 4 N–H and O–H groups in total. The molecule has 0 saturated heterocycles. The molecule has 1 rings (SSSR count). The van der Waals surface area contributed by atoms with E-state index in [1.54, 1.807) is 18.2 Å². The number of hydrogen-bond donors (Lipinski definition) is 3. The highest BCUT2D eigenvalue weighted by molar-refractivity contribution is 6.35. The number of nitrogens with two attached hydrogens (primary N) is 1. The minimum Gasteiger partial charge on any atom is -0.368 e. The molecule has 0 aliphatic carbocycles. The minimum absolute atomic E-state index is 0.131. The highest BCUT2D eigenvalue weighted by atomic mass is 35.5. The number of hydrogen-bond acceptors (Lipinski definition) is 3. The molecule has 8 heteroatoms. The maximum absolute atomic E-state index is 12.5. The summed E-state index contributed by atoms with van der Waals surface area (Å²) in [5.41, 5.74) is 6.04. The summed E-state index contributed by atoms with van der Waals surface area (Å²) in [5, 5.41) is 6.04. The van der Waals surface area contributed by atoms with Crippen LogP contribution in [0.5, 0.6) is 0 Å². The minimum atomic E-state index is -0.949. The summed E-state index contributed by atoms with van der Waals surface area (Å²) in [6, 6.07) is 3.18. The Hall–Kier alpha value is -1.79. The Morgan fingerprint density at radius 1 is 1.12 bits per heavy atom. The first kappa shape index (κ1) is 21.3. The number of amides is 3. The highest BCUT2D eigenvalue weighted by Crippen LogP contribution is 2.22. The zero-order valence-corrected chi connectivity index (χ0v) is 15.9. The third kappa shape index (κ3) is 7.32. The quantitative estimate of drug-likeness (QED) is 0.635. The molecule has 0 heterocycles. The zero-order chi connectivity index (χ0) is 19.1. The van der Waals surface area contributed by atoms with Gasteiger partial charge in [0.2, 0.25) is 17.7 Å². The lowest BCUT2D eigenvalue weighted by Gasteiger charge is -2.23. The van der Waals surface area contributed by atoms with Gasteiger partial charge in [0.15, 0.2) is 0 Å². The van der Waals surface area contributed by atoms with Crippen molar-refractivity contribution in [3.8, 4) is 0 Å². The van der Waals surface area contributed by atoms with E-state index in [0.717, 1.165) is 0 Å². The lowest BCUT2D eigenvalue weighted by atomic mass is 10.0. The van der Waals surface area contributed by atoms with Crippen LogP contribution in [0.4, 0.5) is 0 Å². The van der Waals surface area contributed by atoms with Crippen LogP contribution in [-0.4, -0.2) is 29.8 Å². The summed E-state index contributed by atoms with van der Waals surface area (Å²) in [6.07, 6.45) is 0.574. The van der Waals surface area contributed by atoms with E-state index in [4.69, 9.17) is 28.9 Å². The number of rotatable bonds is 8. The van der Waals surface area contributed by atoms with E-state index in [-0.39, 0.29) is 18.2 Å². The molecule has 0 aromatic heterocycles. The third-order valence-electron chi connectivity index (χ3n) is 3.50. The Balaban J connectivity index is 2.89. The van der Waals surface area contributed by atoms with Gasteiger partial charge in [-0.05, 0) is 30.0 Å². The van der Waals surface area contributed by atoms with E-state index in [1.807, 2.05) is 13.8 Å². The SMILES string of the molecule is CC(=O)N[C@@H](CC(C)C)C(=O)N[C@@H](Cc1ccc(Cl)cc1Cl)C(N)=O. The van der Waals surface area contributed by atoms with E-state index in [0.29, 0.717) is 22.0 Å². The Kier molecular flexibility index (Phi) is 8.19. The molecule has 2 atom stereocenters. The molecule has 0 bridgehead atoms. The van der Waals surface area contributed by atoms with Crippen molar-refractivity contribution in [3.63, 3.8) is 0 Å². The monoisotopic (exact) mass is 387 g/mol. The Morgan fingerprint density at radius 3 is 2.24 bits per heavy atom. The smallest absolute Gasteiger partial charge is 0.243 e. The topological polar surface area (TPSA) is 101 Å². The predicted octanol–water partition coefficient (Wildman–Crippen LogP) is 2.06. The average molecular weight is 388 g/mol. The van der Waals surface area contributed by atoms with Crippen molar-refractivity contribution < 1.29 is 14.4 Å². The number of nitrogens with one attached hydrogen (secondary N) is 2. The van der Waals surface area contributed by atoms with Gasteiger partial charge in [0.25, 0.3) is 0 Å². The van der Waals surface area contributed by atoms with Crippen molar-refractivity contribution in [2.45, 2.75) is 45.7 Å². The van der Waals surface area contributed by atoms with Gasteiger partial charge in [-0.3, -0.25) is 14.4 Å². The summed E-state index contributed by atoms with van der Waals surface area (Å²) in [6.45, 7) is 5.20. The van der Waals surface area contributed by atoms with Crippen LogP contribution in [0.2, 0.25) is 10.0 Å². The van der Waals surface area contributed by atoms with E-state index in [9.17, 15) is 14.4 Å². The predicted molar refractivity (Wildman–Crippen MR) is 98.4 cm³/mol. The highest BCUT2D eigenvalue weighted by Gasteiger charge is 2.26. The van der Waals surface area contributed by atoms with Crippen LogP contribution in [0.1, 0.15) is 32.8 Å². The van der Waals surface area contributed by atoms with Crippen molar-refractivity contribution in [2.24, 2.45) is 11.7 Å². The average Bonchev–Trinajstić information content (AvgIpc) is 2.47. The largest absolute Gasteiger partial charge is 0.368 e. The van der Waals surface area contributed by atoms with Crippen LogP contribution in [0.15, 0.2) is 18.2 Å². The van der Waals surface area contributed by atoms with Crippen molar-refractivity contribution in [2.75, 3.05) is 0 Å². The molecule has 0 aliphatic rings. The first-order valence-corrected chi connectivity index (χ1v) is 8.66. The number of carbonyl (C=O) groups is 3. The molecule has 0 unspecified atom stereocenters. The summed E-state index contributed by atoms with van der Waals surface area (Å²) in [4.78, 5) is 35.5. The molecule has 0 radical (unpaired) electrons. The van der Waals surface area contributed by atoms with E-state index < -0.39 is 23.9 Å². The first-order valence-electron chi connectivity index (χ1n) is 7.90. The zero-order valence-electron chi connectivity index (χ0n) is 14.4. The van der Waals surface area contributed by atoms with Crippen LogP contribution in [0.3, 0.4) is 0 Å². The third-order valence-corrected chi connectivity index (χ3v) is 4.09. The summed E-state index contributed by atoms with van der Waals surface area (Å²) in [7, 11) is 0. The van der Waals surface area contributed by atoms with Crippen LogP contribution in [0, 0.1) is 5.92 Å². The second-order valence-electron chi connectivity index (χ2n) is 6.29. The lowest BCUT2D eigenvalue weighted by Crippen LogP contribution is -2.53. The van der Waals surface area contributed by atoms with Crippen LogP contribution < -0.4 is 16.4 Å². The van der Waals surface area contributed by atoms with Gasteiger partial charge >= 0.3 is 0 Å². The van der Waals surface area contributed by atoms with Gasteiger partial charge in [0.05, 0.1) is 0 Å². The molecule has 0 saturated carbocycles. The van der Waals surface area contributed by atoms with E-state index >= 15 is 0 Å². The number of primary amides is 1. The molecule has 0 spiro atoms. The maximum atomic E-state index is 12.5. The fraction of sp³-hybridized carbons (Fsp3) is 0.471. The van der Waals surface area contributed by atoms with Crippen LogP contribution in [-0.2, 0) is 20.8 Å². The van der Waals surface area contributed by atoms with Crippen molar-refractivity contribution in [1.29, 1.82) is 0 Å². The Bertz CT molecular complexity index is 650. The standard InChI is InChI=1S/C17H23Cl2N3O3/c1-9(2)6-15(21-10(3)23)17(25)22-14(16(20)24)7-11-4-5-12(18)8-13(11)19/h4-5,8-9,14-15H,6-7H2,1-3H3,(H2,20,24)(H,21,23)(H,22,25)/t14-,15-/m0/s1. The van der Waals surface area contributed by atoms with Gasteiger partial charge in [-0.2, -0.15) is 0 Å². The first-order chi connectivity index (χ1) is 11.6. The normalized spacial score (nSPS) is 13.2. The molecule has 0 fully saturated rings. The summed E-state index contributed by atoms with van der Waals surface area (Å²) < 4.78 is 0. The van der Waals surface area contributed by atoms with Crippen molar-refractivity contribution >= 4 is 40.9 Å². The fourth-order valence-corrected chi connectivity index (χ4v) is 2.84. The lowest BCUT2D eigenvalue weighted by molar-refractivity contribution is -0.131. The molecule has 6 nitrogen and oxygen atoms in total. The van der Waals surface area contributed by atoms with Gasteiger partial charge in [-0.15, -0.1) is 0 Å². The van der Waals surface area contributed by atoms with Gasteiger partial charge in [0.1, 0.15) is 12.1 Å². The number of halogens is 2. The molecule has 3 amide bonds. The summed E-state index contributed by atoms with van der Waals surface area (Å²) >= 11 is 12.0. The van der Waals surface area contributed by atoms with E-state index in [1.165, 1.54) is 6.92 Å². The van der Waals surface area contributed by atoms with Gasteiger partial charge in [-0.25, -0.2) is 0 Å². The number of benzene rings is 1.